The smallest absolute Gasteiger partial charge is 0.418 e. The third kappa shape index (κ3) is 5.36. The van der Waals surface area contributed by atoms with E-state index < -0.39 is 29.7 Å². The summed E-state index contributed by atoms with van der Waals surface area (Å²) in [5.41, 5.74) is 0.501. The molecule has 0 spiro atoms. The third-order valence-electron chi connectivity index (χ3n) is 5.27. The van der Waals surface area contributed by atoms with Crippen LogP contribution in [0.15, 0.2) is 70.1 Å². The van der Waals surface area contributed by atoms with Crippen LogP contribution in [0.2, 0.25) is 0 Å². The summed E-state index contributed by atoms with van der Waals surface area (Å²) in [6, 6.07) is 14.0. The Hall–Kier alpha value is -3.75. The van der Waals surface area contributed by atoms with Crippen LogP contribution in [0.1, 0.15) is 23.3 Å². The Kier molecular flexibility index (Phi) is 6.39. The Morgan fingerprint density at radius 2 is 1.88 bits per heavy atom. The quantitative estimate of drug-likeness (QED) is 0.583. The maximum absolute atomic E-state index is 13.1. The first-order chi connectivity index (χ1) is 15.8. The molecule has 0 unspecified atom stereocenters. The zero-order chi connectivity index (χ0) is 23.4. The second-order valence-electron chi connectivity index (χ2n) is 7.61. The summed E-state index contributed by atoms with van der Waals surface area (Å²) < 4.78 is 49.9. The van der Waals surface area contributed by atoms with Gasteiger partial charge in [-0.3, -0.25) is 9.59 Å². The molecule has 0 aliphatic carbocycles. The molecule has 0 saturated heterocycles. The summed E-state index contributed by atoms with van der Waals surface area (Å²) in [6.07, 6.45) is -1.51. The molecule has 1 aromatic heterocycles. The van der Waals surface area contributed by atoms with Gasteiger partial charge in [0, 0.05) is 18.3 Å². The van der Waals surface area contributed by atoms with E-state index in [1.54, 1.807) is 0 Å². The van der Waals surface area contributed by atoms with Crippen molar-refractivity contribution in [1.29, 1.82) is 0 Å². The van der Waals surface area contributed by atoms with Crippen molar-refractivity contribution in [2.75, 3.05) is 23.4 Å². The molecule has 4 rings (SSSR count). The molecule has 2 heterocycles. The van der Waals surface area contributed by atoms with Gasteiger partial charge >= 0.3 is 6.18 Å². The second kappa shape index (κ2) is 9.40. The average Bonchev–Trinajstić information content (AvgIpc) is 2.78. The highest BCUT2D eigenvalue weighted by atomic mass is 19.4. The maximum Gasteiger partial charge on any atom is 0.418 e. The molecular formula is C24H21F3N2O4. The largest absolute Gasteiger partial charge is 0.477 e. The standard InChI is InChI=1S/C24H21F3N2O4/c25-24(26,27)18-8-2-3-9-19(18)28-23(31)15-33-22-14-32-17(12-21(22)30)13-29-11-5-7-16-6-1-4-10-20(16)29/h1-4,6,8-10,12,14H,5,7,11,13,15H2,(H,28,31). The SMILES string of the molecule is O=C(COc1coc(CN2CCCc3ccccc32)cc1=O)Nc1ccccc1C(F)(F)F. The number of fused-ring (bicyclic) bond motifs is 1. The van der Waals surface area contributed by atoms with Crippen molar-refractivity contribution in [2.45, 2.75) is 25.6 Å². The topological polar surface area (TPSA) is 71.8 Å². The second-order valence-corrected chi connectivity index (χ2v) is 7.61. The number of benzene rings is 2. The Labute approximate surface area is 187 Å². The van der Waals surface area contributed by atoms with Gasteiger partial charge in [-0.05, 0) is 36.6 Å². The van der Waals surface area contributed by atoms with E-state index in [0.717, 1.165) is 43.5 Å². The van der Waals surface area contributed by atoms with Gasteiger partial charge in [-0.15, -0.1) is 0 Å². The zero-order valence-corrected chi connectivity index (χ0v) is 17.5. The lowest BCUT2D eigenvalue weighted by molar-refractivity contribution is -0.137. The predicted octanol–water partition coefficient (Wildman–Crippen LogP) is 4.63. The Balaban J connectivity index is 1.38. The van der Waals surface area contributed by atoms with Crippen LogP contribution in [0, 0.1) is 0 Å². The van der Waals surface area contributed by atoms with E-state index in [1.165, 1.54) is 23.8 Å². The van der Waals surface area contributed by atoms with Gasteiger partial charge in [0.25, 0.3) is 5.91 Å². The van der Waals surface area contributed by atoms with Crippen LogP contribution in [-0.2, 0) is 23.9 Å². The number of para-hydroxylation sites is 2. The van der Waals surface area contributed by atoms with Gasteiger partial charge in [-0.2, -0.15) is 13.2 Å². The minimum Gasteiger partial charge on any atom is -0.477 e. The number of carbonyl (C=O) groups excluding carboxylic acids is 1. The van der Waals surface area contributed by atoms with Crippen LogP contribution in [-0.4, -0.2) is 19.1 Å². The highest BCUT2D eigenvalue weighted by Gasteiger charge is 2.33. The van der Waals surface area contributed by atoms with Crippen LogP contribution < -0.4 is 20.4 Å². The first-order valence-corrected chi connectivity index (χ1v) is 10.3. The lowest BCUT2D eigenvalue weighted by atomic mass is 10.0. The van der Waals surface area contributed by atoms with Crippen molar-refractivity contribution in [1.82, 2.24) is 0 Å². The number of rotatable bonds is 6. The summed E-state index contributed by atoms with van der Waals surface area (Å²) in [4.78, 5) is 26.6. The molecule has 0 atom stereocenters. The predicted molar refractivity (Wildman–Crippen MR) is 116 cm³/mol. The molecule has 0 saturated carbocycles. The van der Waals surface area contributed by atoms with Gasteiger partial charge < -0.3 is 19.4 Å². The maximum atomic E-state index is 13.1. The fourth-order valence-corrected chi connectivity index (χ4v) is 3.76. The lowest BCUT2D eigenvalue weighted by Gasteiger charge is -2.30. The highest BCUT2D eigenvalue weighted by molar-refractivity contribution is 5.92. The fraction of sp³-hybridized carbons (Fsp3) is 0.250. The number of amides is 1. The lowest BCUT2D eigenvalue weighted by Crippen LogP contribution is -2.29. The van der Waals surface area contributed by atoms with Gasteiger partial charge in [-0.1, -0.05) is 30.3 Å². The van der Waals surface area contributed by atoms with Crippen LogP contribution in [0.25, 0.3) is 0 Å². The molecule has 9 heteroatoms. The summed E-state index contributed by atoms with van der Waals surface area (Å²) in [6.45, 7) is 0.593. The molecule has 33 heavy (non-hydrogen) atoms. The molecule has 1 amide bonds. The van der Waals surface area contributed by atoms with Gasteiger partial charge in [-0.25, -0.2) is 0 Å². The molecule has 3 aromatic rings. The molecule has 0 fully saturated rings. The van der Waals surface area contributed by atoms with E-state index in [9.17, 15) is 22.8 Å². The number of anilines is 2. The monoisotopic (exact) mass is 458 g/mol. The Bertz CT molecular complexity index is 1210. The molecule has 172 valence electrons. The van der Waals surface area contributed by atoms with E-state index in [2.05, 4.69) is 16.3 Å². The van der Waals surface area contributed by atoms with Crippen LogP contribution in [0.3, 0.4) is 0 Å². The fourth-order valence-electron chi connectivity index (χ4n) is 3.76. The van der Waals surface area contributed by atoms with Crippen molar-refractivity contribution in [2.24, 2.45) is 0 Å². The van der Waals surface area contributed by atoms with E-state index in [-0.39, 0.29) is 11.4 Å². The minimum atomic E-state index is -4.61. The van der Waals surface area contributed by atoms with Crippen molar-refractivity contribution < 1.29 is 27.1 Å². The molecule has 0 bridgehead atoms. The Morgan fingerprint density at radius 1 is 1.12 bits per heavy atom. The number of nitrogens with one attached hydrogen (secondary N) is 1. The van der Waals surface area contributed by atoms with Crippen LogP contribution >= 0.6 is 0 Å². The van der Waals surface area contributed by atoms with Crippen molar-refractivity contribution in [3.05, 3.63) is 88.0 Å². The molecule has 6 nitrogen and oxygen atoms in total. The number of ether oxygens (including phenoxy) is 1. The van der Waals surface area contributed by atoms with Crippen molar-refractivity contribution in [3.8, 4) is 5.75 Å². The zero-order valence-electron chi connectivity index (χ0n) is 17.5. The van der Waals surface area contributed by atoms with Crippen LogP contribution in [0.5, 0.6) is 5.75 Å². The molecule has 1 aliphatic heterocycles. The summed E-state index contributed by atoms with van der Waals surface area (Å²) in [5, 5.41) is 2.16. The van der Waals surface area contributed by atoms with E-state index in [1.807, 2.05) is 18.2 Å². The summed E-state index contributed by atoms with van der Waals surface area (Å²) in [7, 11) is 0. The molecule has 1 aliphatic rings. The minimum absolute atomic E-state index is 0.197. The number of nitrogens with zero attached hydrogens (tertiary/aromatic N) is 1. The number of aryl methyl sites for hydroxylation is 1. The normalized spacial score (nSPS) is 13.4. The van der Waals surface area contributed by atoms with Gasteiger partial charge in [0.05, 0.1) is 17.8 Å². The number of hydrogen-bond acceptors (Lipinski definition) is 5. The van der Waals surface area contributed by atoms with E-state index in [4.69, 9.17) is 9.15 Å². The van der Waals surface area contributed by atoms with Crippen molar-refractivity contribution in [3.63, 3.8) is 0 Å². The molecular weight excluding hydrogens is 437 g/mol. The number of halogens is 3. The number of alkyl halides is 3. The third-order valence-corrected chi connectivity index (χ3v) is 5.27. The van der Waals surface area contributed by atoms with Crippen LogP contribution in [0.4, 0.5) is 24.5 Å². The van der Waals surface area contributed by atoms with E-state index in [0.29, 0.717) is 12.3 Å². The van der Waals surface area contributed by atoms with Gasteiger partial charge in [0.2, 0.25) is 11.2 Å². The summed E-state index contributed by atoms with van der Waals surface area (Å²) >= 11 is 0. The highest BCUT2D eigenvalue weighted by Crippen LogP contribution is 2.34. The average molecular weight is 458 g/mol. The molecule has 1 N–H and O–H groups in total. The summed E-state index contributed by atoms with van der Waals surface area (Å²) in [5.74, 6) is -0.593. The van der Waals surface area contributed by atoms with Gasteiger partial charge in [0.1, 0.15) is 12.0 Å². The van der Waals surface area contributed by atoms with E-state index >= 15 is 0 Å². The molecule has 0 radical (unpaired) electrons. The molecule has 2 aromatic carbocycles. The Morgan fingerprint density at radius 3 is 2.67 bits per heavy atom. The first kappa shape index (κ1) is 22.4. The number of hydrogen-bond donors (Lipinski definition) is 1. The van der Waals surface area contributed by atoms with Gasteiger partial charge in [0.15, 0.2) is 6.61 Å². The first-order valence-electron chi connectivity index (χ1n) is 10.3. The number of carbonyl (C=O) groups is 1. The van der Waals surface area contributed by atoms with Crippen molar-refractivity contribution >= 4 is 17.3 Å².